The van der Waals surface area contributed by atoms with Crippen molar-refractivity contribution in [2.75, 3.05) is 12.4 Å². The van der Waals surface area contributed by atoms with E-state index >= 15 is 0 Å². The lowest BCUT2D eigenvalue weighted by Gasteiger charge is -2.14. The third kappa shape index (κ3) is 5.02. The van der Waals surface area contributed by atoms with Gasteiger partial charge < -0.3 is 14.8 Å². The van der Waals surface area contributed by atoms with Crippen molar-refractivity contribution in [3.8, 4) is 11.5 Å². The highest BCUT2D eigenvalue weighted by atomic mass is 16.5. The van der Waals surface area contributed by atoms with Gasteiger partial charge in [0, 0.05) is 16.8 Å². The lowest BCUT2D eigenvalue weighted by atomic mass is 10.1. The Morgan fingerprint density at radius 3 is 2.10 bits per heavy atom. The molecule has 0 saturated carbocycles. The number of carbonyl (C=O) groups excluding carboxylic acids is 2. The van der Waals surface area contributed by atoms with Crippen LogP contribution in [0.3, 0.4) is 0 Å². The minimum atomic E-state index is -0.643. The number of ether oxygens (including phenoxy) is 2. The van der Waals surface area contributed by atoms with E-state index in [2.05, 4.69) is 5.32 Å². The lowest BCUT2D eigenvalue weighted by Crippen LogP contribution is -2.23. The first kappa shape index (κ1) is 20.1. The van der Waals surface area contributed by atoms with Crippen LogP contribution in [0.25, 0.3) is 0 Å². The first-order chi connectivity index (χ1) is 14.0. The minimum Gasteiger partial charge on any atom is -0.497 e. The topological polar surface area (TPSA) is 64.6 Å². The largest absolute Gasteiger partial charge is 0.497 e. The zero-order valence-corrected chi connectivity index (χ0v) is 16.6. The van der Waals surface area contributed by atoms with Gasteiger partial charge in [-0.2, -0.15) is 0 Å². The van der Waals surface area contributed by atoms with Crippen molar-refractivity contribution in [2.24, 2.45) is 0 Å². The number of aryl methyl sites for hydroxylation is 1. The highest BCUT2D eigenvalue weighted by Crippen LogP contribution is 2.20. The summed E-state index contributed by atoms with van der Waals surface area (Å²) in [6.45, 7) is 3.60. The molecule has 0 aliphatic rings. The summed E-state index contributed by atoms with van der Waals surface area (Å²) in [5.41, 5.74) is 2.75. The molecule has 29 heavy (non-hydrogen) atoms. The third-order valence-corrected chi connectivity index (χ3v) is 4.56. The Morgan fingerprint density at radius 2 is 1.48 bits per heavy atom. The summed E-state index contributed by atoms with van der Waals surface area (Å²) < 4.78 is 10.9. The van der Waals surface area contributed by atoms with Gasteiger partial charge in [0.2, 0.25) is 5.78 Å². The van der Waals surface area contributed by atoms with E-state index in [9.17, 15) is 9.59 Å². The number of ketones is 1. The quantitative estimate of drug-likeness (QED) is 0.584. The fourth-order valence-electron chi connectivity index (χ4n) is 2.89. The van der Waals surface area contributed by atoms with Crippen molar-refractivity contribution >= 4 is 17.4 Å². The fourth-order valence-corrected chi connectivity index (χ4v) is 2.89. The molecule has 0 aliphatic heterocycles. The molecule has 0 fully saturated rings. The van der Waals surface area contributed by atoms with E-state index in [0.717, 1.165) is 5.56 Å². The van der Waals surface area contributed by atoms with Crippen LogP contribution in [0.1, 0.15) is 33.2 Å². The molecule has 1 N–H and O–H groups in total. The van der Waals surface area contributed by atoms with Gasteiger partial charge in [0.25, 0.3) is 5.91 Å². The van der Waals surface area contributed by atoms with E-state index < -0.39 is 6.10 Å². The van der Waals surface area contributed by atoms with Crippen molar-refractivity contribution < 1.29 is 19.1 Å². The standard InChI is InChI=1S/C24H23NO4/c1-16-6-4-5-7-22(16)24(27)25-19-10-14-21(15-11-19)29-17(2)23(26)18-8-12-20(28-3)13-9-18/h4-15,17H,1-3H3,(H,25,27). The number of benzene rings is 3. The van der Waals surface area contributed by atoms with Crippen molar-refractivity contribution in [1.82, 2.24) is 0 Å². The number of amides is 1. The molecule has 5 heteroatoms. The summed E-state index contributed by atoms with van der Waals surface area (Å²) in [6.07, 6.45) is -0.643. The first-order valence-corrected chi connectivity index (χ1v) is 9.30. The van der Waals surface area contributed by atoms with E-state index in [0.29, 0.717) is 28.3 Å². The zero-order chi connectivity index (χ0) is 20.8. The Kier molecular flexibility index (Phi) is 6.29. The Morgan fingerprint density at radius 1 is 0.862 bits per heavy atom. The highest BCUT2D eigenvalue weighted by molar-refractivity contribution is 6.05. The number of Topliss-reactive ketones (excluding diaryl/α,β-unsaturated/α-hetero) is 1. The summed E-state index contributed by atoms with van der Waals surface area (Å²) in [5.74, 6) is 0.955. The van der Waals surface area contributed by atoms with Gasteiger partial charge in [0.15, 0.2) is 6.10 Å². The zero-order valence-electron chi connectivity index (χ0n) is 16.6. The van der Waals surface area contributed by atoms with Gasteiger partial charge in [-0.25, -0.2) is 0 Å². The van der Waals surface area contributed by atoms with Gasteiger partial charge in [-0.3, -0.25) is 9.59 Å². The molecule has 0 aliphatic carbocycles. The second kappa shape index (κ2) is 9.06. The van der Waals surface area contributed by atoms with Gasteiger partial charge >= 0.3 is 0 Å². The van der Waals surface area contributed by atoms with Crippen molar-refractivity contribution in [2.45, 2.75) is 20.0 Å². The number of anilines is 1. The summed E-state index contributed by atoms with van der Waals surface area (Å²) in [4.78, 5) is 24.9. The van der Waals surface area contributed by atoms with Gasteiger partial charge in [-0.1, -0.05) is 18.2 Å². The lowest BCUT2D eigenvalue weighted by molar-refractivity contribution is 0.0818. The second-order valence-corrected chi connectivity index (χ2v) is 6.65. The number of hydrogen-bond acceptors (Lipinski definition) is 4. The fraction of sp³-hybridized carbons (Fsp3) is 0.167. The maximum atomic E-state index is 12.5. The van der Waals surface area contributed by atoms with Crippen molar-refractivity contribution in [1.29, 1.82) is 0 Å². The van der Waals surface area contributed by atoms with E-state index in [1.807, 2.05) is 25.1 Å². The minimum absolute atomic E-state index is 0.121. The predicted octanol–water partition coefficient (Wildman–Crippen LogP) is 4.91. The number of nitrogens with one attached hydrogen (secondary N) is 1. The summed E-state index contributed by atoms with van der Waals surface area (Å²) in [6, 6.07) is 21.3. The maximum Gasteiger partial charge on any atom is 0.255 e. The monoisotopic (exact) mass is 389 g/mol. The summed E-state index contributed by atoms with van der Waals surface area (Å²) in [5, 5.41) is 2.87. The number of methoxy groups -OCH3 is 1. The Hall–Kier alpha value is -3.60. The van der Waals surface area contributed by atoms with Crippen LogP contribution in [-0.2, 0) is 0 Å². The molecule has 148 valence electrons. The van der Waals surface area contributed by atoms with Crippen LogP contribution in [-0.4, -0.2) is 24.9 Å². The molecule has 1 amide bonds. The van der Waals surface area contributed by atoms with Crippen LogP contribution in [0.4, 0.5) is 5.69 Å². The molecule has 1 unspecified atom stereocenters. The molecule has 0 radical (unpaired) electrons. The highest BCUT2D eigenvalue weighted by Gasteiger charge is 2.17. The number of rotatable bonds is 7. The molecule has 1 atom stereocenters. The molecule has 0 bridgehead atoms. The number of hydrogen-bond donors (Lipinski definition) is 1. The Balaban J connectivity index is 1.61. The van der Waals surface area contributed by atoms with Crippen LogP contribution < -0.4 is 14.8 Å². The Labute approximate surface area is 170 Å². The van der Waals surface area contributed by atoms with Crippen LogP contribution in [0, 0.1) is 6.92 Å². The van der Waals surface area contributed by atoms with Gasteiger partial charge in [0.1, 0.15) is 11.5 Å². The van der Waals surface area contributed by atoms with E-state index in [-0.39, 0.29) is 11.7 Å². The van der Waals surface area contributed by atoms with Crippen LogP contribution in [0.15, 0.2) is 72.8 Å². The molecule has 0 saturated heterocycles. The van der Waals surface area contributed by atoms with E-state index in [1.54, 1.807) is 68.6 Å². The molecule has 3 aromatic rings. The van der Waals surface area contributed by atoms with Crippen LogP contribution >= 0.6 is 0 Å². The normalized spacial score (nSPS) is 11.4. The average molecular weight is 389 g/mol. The van der Waals surface area contributed by atoms with Gasteiger partial charge in [-0.15, -0.1) is 0 Å². The van der Waals surface area contributed by atoms with Crippen LogP contribution in [0.5, 0.6) is 11.5 Å². The molecule has 5 nitrogen and oxygen atoms in total. The third-order valence-electron chi connectivity index (χ3n) is 4.56. The van der Waals surface area contributed by atoms with Crippen LogP contribution in [0.2, 0.25) is 0 Å². The average Bonchev–Trinajstić information content (AvgIpc) is 2.75. The molecule has 0 spiro atoms. The van der Waals surface area contributed by atoms with E-state index in [1.165, 1.54) is 0 Å². The van der Waals surface area contributed by atoms with Gasteiger partial charge in [-0.05, 0) is 74.0 Å². The van der Waals surface area contributed by atoms with E-state index in [4.69, 9.17) is 9.47 Å². The number of carbonyl (C=O) groups is 2. The molecule has 0 aromatic heterocycles. The SMILES string of the molecule is COc1ccc(C(=O)C(C)Oc2ccc(NC(=O)c3ccccc3C)cc2)cc1. The van der Waals surface area contributed by atoms with Crippen molar-refractivity contribution in [3.63, 3.8) is 0 Å². The molecular formula is C24H23NO4. The molecule has 0 heterocycles. The first-order valence-electron chi connectivity index (χ1n) is 9.30. The smallest absolute Gasteiger partial charge is 0.255 e. The molecule has 3 rings (SSSR count). The predicted molar refractivity (Wildman–Crippen MR) is 113 cm³/mol. The second-order valence-electron chi connectivity index (χ2n) is 6.65. The summed E-state index contributed by atoms with van der Waals surface area (Å²) in [7, 11) is 1.58. The summed E-state index contributed by atoms with van der Waals surface area (Å²) >= 11 is 0. The molecular weight excluding hydrogens is 366 g/mol. The molecule has 3 aromatic carbocycles. The van der Waals surface area contributed by atoms with Gasteiger partial charge in [0.05, 0.1) is 7.11 Å². The maximum absolute atomic E-state index is 12.5. The van der Waals surface area contributed by atoms with Crippen molar-refractivity contribution in [3.05, 3.63) is 89.5 Å². The Bertz CT molecular complexity index is 994.